The fourth-order valence-electron chi connectivity index (χ4n) is 1.97. The van der Waals surface area contributed by atoms with Crippen LogP contribution < -0.4 is 0 Å². The van der Waals surface area contributed by atoms with Crippen LogP contribution in [0.5, 0.6) is 0 Å². The van der Waals surface area contributed by atoms with Gasteiger partial charge in [0.05, 0.1) is 11.6 Å². The highest BCUT2D eigenvalue weighted by Gasteiger charge is 2.05. The molecule has 21 heavy (non-hydrogen) atoms. The molecule has 0 saturated heterocycles. The summed E-state index contributed by atoms with van der Waals surface area (Å²) in [5.74, 6) is -0.0911. The van der Waals surface area contributed by atoms with Crippen LogP contribution in [0.15, 0.2) is 60.7 Å². The molecule has 0 heterocycles. The number of nitriles is 1. The van der Waals surface area contributed by atoms with Crippen molar-refractivity contribution in [2.45, 2.75) is 6.54 Å². The van der Waals surface area contributed by atoms with Gasteiger partial charge in [-0.1, -0.05) is 48.5 Å². The third kappa shape index (κ3) is 4.05. The summed E-state index contributed by atoms with van der Waals surface area (Å²) in [5.41, 5.74) is 2.40. The zero-order chi connectivity index (χ0) is 15.1. The summed E-state index contributed by atoms with van der Waals surface area (Å²) < 4.78 is 0. The Bertz CT molecular complexity index is 684. The van der Waals surface area contributed by atoms with Crippen LogP contribution >= 0.6 is 0 Å². The average molecular weight is 276 g/mol. The van der Waals surface area contributed by atoms with Gasteiger partial charge in [0, 0.05) is 19.7 Å². The maximum Gasteiger partial charge on any atom is 0.246 e. The molecule has 0 fully saturated rings. The van der Waals surface area contributed by atoms with E-state index in [2.05, 4.69) is 6.07 Å². The van der Waals surface area contributed by atoms with Crippen molar-refractivity contribution in [1.82, 2.24) is 4.90 Å². The zero-order valence-electron chi connectivity index (χ0n) is 11.9. The Morgan fingerprint density at radius 1 is 1.14 bits per heavy atom. The Labute approximate surface area is 124 Å². The van der Waals surface area contributed by atoms with E-state index in [1.807, 2.05) is 42.5 Å². The summed E-state index contributed by atoms with van der Waals surface area (Å²) >= 11 is 0. The topological polar surface area (TPSA) is 44.1 Å². The summed E-state index contributed by atoms with van der Waals surface area (Å²) in [5, 5.41) is 9.01. The second-order valence-corrected chi connectivity index (χ2v) is 4.71. The predicted molar refractivity (Wildman–Crippen MR) is 83.1 cm³/mol. The van der Waals surface area contributed by atoms with Crippen molar-refractivity contribution in [2.75, 3.05) is 7.05 Å². The maximum atomic E-state index is 12.1. The van der Waals surface area contributed by atoms with E-state index in [9.17, 15) is 4.79 Å². The largest absolute Gasteiger partial charge is 0.338 e. The highest BCUT2D eigenvalue weighted by atomic mass is 16.2. The molecule has 2 aromatic rings. The molecular weight excluding hydrogens is 260 g/mol. The normalized spacial score (nSPS) is 10.3. The Hall–Kier alpha value is -2.86. The molecule has 0 N–H and O–H groups in total. The molecule has 0 bridgehead atoms. The fourth-order valence-corrected chi connectivity index (χ4v) is 1.97. The van der Waals surface area contributed by atoms with E-state index in [0.717, 1.165) is 11.1 Å². The first kappa shape index (κ1) is 14.5. The average Bonchev–Trinajstić information content (AvgIpc) is 2.53. The molecule has 3 nitrogen and oxygen atoms in total. The van der Waals surface area contributed by atoms with Gasteiger partial charge in [-0.25, -0.2) is 0 Å². The van der Waals surface area contributed by atoms with E-state index >= 15 is 0 Å². The molecule has 1 amide bonds. The number of rotatable bonds is 4. The van der Waals surface area contributed by atoms with Crippen LogP contribution in [0, 0.1) is 11.3 Å². The third-order valence-electron chi connectivity index (χ3n) is 3.13. The summed E-state index contributed by atoms with van der Waals surface area (Å²) in [6.45, 7) is 0.559. The van der Waals surface area contributed by atoms with Gasteiger partial charge in [0.2, 0.25) is 5.91 Å². The second kappa shape index (κ2) is 7.06. The van der Waals surface area contributed by atoms with Gasteiger partial charge in [-0.2, -0.15) is 5.26 Å². The number of nitrogens with zero attached hydrogens (tertiary/aromatic N) is 2. The van der Waals surface area contributed by atoms with Gasteiger partial charge in [0.15, 0.2) is 0 Å². The van der Waals surface area contributed by atoms with Crippen LogP contribution in [0.25, 0.3) is 6.08 Å². The van der Waals surface area contributed by atoms with Crippen LogP contribution in [-0.2, 0) is 11.3 Å². The molecule has 0 saturated carbocycles. The first-order valence-corrected chi connectivity index (χ1v) is 6.67. The van der Waals surface area contributed by atoms with Crippen molar-refractivity contribution in [3.63, 3.8) is 0 Å². The predicted octanol–water partition coefficient (Wildman–Crippen LogP) is 3.23. The minimum Gasteiger partial charge on any atom is -0.338 e. The Balaban J connectivity index is 2.04. The Morgan fingerprint density at radius 3 is 2.52 bits per heavy atom. The van der Waals surface area contributed by atoms with Crippen LogP contribution in [0.4, 0.5) is 0 Å². The summed E-state index contributed by atoms with van der Waals surface area (Å²) in [6.07, 6.45) is 3.18. The molecule has 0 aliphatic heterocycles. The lowest BCUT2D eigenvalue weighted by Gasteiger charge is -2.15. The van der Waals surface area contributed by atoms with Crippen molar-refractivity contribution in [3.8, 4) is 6.07 Å². The SMILES string of the molecule is CN(Cc1ccccc1)C(=O)/C=C\c1ccccc1C#N. The van der Waals surface area contributed by atoms with Gasteiger partial charge in [0.25, 0.3) is 0 Å². The molecule has 0 aliphatic carbocycles. The zero-order valence-corrected chi connectivity index (χ0v) is 11.9. The smallest absolute Gasteiger partial charge is 0.246 e. The molecule has 0 spiro atoms. The molecule has 0 aromatic heterocycles. The number of hydrogen-bond acceptors (Lipinski definition) is 2. The molecule has 3 heteroatoms. The molecule has 0 unspecified atom stereocenters. The molecule has 2 rings (SSSR count). The van der Waals surface area contributed by atoms with Gasteiger partial charge in [-0.15, -0.1) is 0 Å². The first-order valence-electron chi connectivity index (χ1n) is 6.67. The van der Waals surface area contributed by atoms with Crippen LogP contribution in [0.1, 0.15) is 16.7 Å². The summed E-state index contributed by atoms with van der Waals surface area (Å²) in [6, 6.07) is 19.1. The number of hydrogen-bond donors (Lipinski definition) is 0. The van der Waals surface area contributed by atoms with Crippen LogP contribution in [0.2, 0.25) is 0 Å². The van der Waals surface area contributed by atoms with E-state index in [-0.39, 0.29) is 5.91 Å². The Morgan fingerprint density at radius 2 is 1.81 bits per heavy atom. The lowest BCUT2D eigenvalue weighted by Crippen LogP contribution is -2.24. The number of amides is 1. The molecule has 0 radical (unpaired) electrons. The van der Waals surface area contributed by atoms with Crippen LogP contribution in [-0.4, -0.2) is 17.9 Å². The number of likely N-dealkylation sites (N-methyl/N-ethyl adjacent to an activating group) is 1. The third-order valence-corrected chi connectivity index (χ3v) is 3.13. The van der Waals surface area contributed by atoms with E-state index < -0.39 is 0 Å². The quantitative estimate of drug-likeness (QED) is 0.805. The van der Waals surface area contributed by atoms with Gasteiger partial charge in [0.1, 0.15) is 0 Å². The van der Waals surface area contributed by atoms with Gasteiger partial charge >= 0.3 is 0 Å². The van der Waals surface area contributed by atoms with E-state index in [1.54, 1.807) is 30.2 Å². The minimum atomic E-state index is -0.0911. The summed E-state index contributed by atoms with van der Waals surface area (Å²) in [7, 11) is 1.76. The highest BCUT2D eigenvalue weighted by molar-refractivity contribution is 5.91. The maximum absolute atomic E-state index is 12.1. The highest BCUT2D eigenvalue weighted by Crippen LogP contribution is 2.10. The van der Waals surface area contributed by atoms with Gasteiger partial charge < -0.3 is 4.90 Å². The van der Waals surface area contributed by atoms with Crippen molar-refractivity contribution < 1.29 is 4.79 Å². The minimum absolute atomic E-state index is 0.0911. The van der Waals surface area contributed by atoms with E-state index in [1.165, 1.54) is 6.08 Å². The Kier molecular flexibility index (Phi) is 4.89. The van der Waals surface area contributed by atoms with E-state index in [0.29, 0.717) is 12.1 Å². The number of carbonyl (C=O) groups excluding carboxylic acids is 1. The van der Waals surface area contributed by atoms with Crippen molar-refractivity contribution in [2.24, 2.45) is 0 Å². The summed E-state index contributed by atoms with van der Waals surface area (Å²) in [4.78, 5) is 13.7. The first-order chi connectivity index (χ1) is 10.2. The second-order valence-electron chi connectivity index (χ2n) is 4.71. The van der Waals surface area contributed by atoms with Crippen molar-refractivity contribution >= 4 is 12.0 Å². The standard InChI is InChI=1S/C18H16N2O/c1-20(14-15-7-3-2-4-8-15)18(21)12-11-16-9-5-6-10-17(16)13-19/h2-12H,14H2,1H3/b12-11-. The lowest BCUT2D eigenvalue weighted by molar-refractivity contribution is -0.125. The molecule has 104 valence electrons. The molecule has 0 atom stereocenters. The molecule has 0 aliphatic rings. The number of benzene rings is 2. The molecular formula is C18H16N2O. The van der Waals surface area contributed by atoms with Gasteiger partial charge in [-0.05, 0) is 23.3 Å². The lowest BCUT2D eigenvalue weighted by atomic mass is 10.1. The van der Waals surface area contributed by atoms with Crippen molar-refractivity contribution in [1.29, 1.82) is 5.26 Å². The van der Waals surface area contributed by atoms with Crippen molar-refractivity contribution in [3.05, 3.63) is 77.4 Å². The van der Waals surface area contributed by atoms with Crippen LogP contribution in [0.3, 0.4) is 0 Å². The fraction of sp³-hybridized carbons (Fsp3) is 0.111. The number of carbonyl (C=O) groups is 1. The molecule has 2 aromatic carbocycles. The van der Waals surface area contributed by atoms with Gasteiger partial charge in [-0.3, -0.25) is 4.79 Å². The monoisotopic (exact) mass is 276 g/mol. The van der Waals surface area contributed by atoms with E-state index in [4.69, 9.17) is 5.26 Å².